The molecule has 0 aliphatic carbocycles. The number of hydrogen-bond donors (Lipinski definition) is 1. The van der Waals surface area contributed by atoms with Crippen molar-refractivity contribution >= 4 is 15.9 Å². The summed E-state index contributed by atoms with van der Waals surface area (Å²) in [6.45, 7) is 2.10. The first kappa shape index (κ1) is 10.5. The molecule has 3 heteroatoms. The van der Waals surface area contributed by atoms with Crippen molar-refractivity contribution in [2.45, 2.75) is 12.8 Å². The molecule has 13 heavy (non-hydrogen) atoms. The lowest BCUT2D eigenvalue weighted by Crippen LogP contribution is -2.01. The largest absolute Gasteiger partial charge is 0.496 e. The molecule has 0 radical (unpaired) electrons. The van der Waals surface area contributed by atoms with E-state index in [0.29, 0.717) is 0 Å². The fourth-order valence-electron chi connectivity index (χ4n) is 1.19. The first-order chi connectivity index (χ1) is 6.19. The molecule has 0 heterocycles. The molecule has 0 aliphatic heterocycles. The van der Waals surface area contributed by atoms with E-state index in [9.17, 15) is 0 Å². The molecular weight excluding hydrogens is 232 g/mol. The summed E-state index contributed by atoms with van der Waals surface area (Å²) in [5.74, 6) is 0.930. The zero-order chi connectivity index (χ0) is 9.84. The van der Waals surface area contributed by atoms with Crippen LogP contribution in [0.1, 0.15) is 18.4 Å². The lowest BCUT2D eigenvalue weighted by atomic mass is 10.0. The maximum absolute atomic E-state index is 9.01. The first-order valence-corrected chi connectivity index (χ1v) is 4.92. The Morgan fingerprint density at radius 2 is 2.23 bits per heavy atom. The molecule has 0 fully saturated rings. The minimum atomic E-state index is 0.114. The highest BCUT2D eigenvalue weighted by atomic mass is 79.9. The van der Waals surface area contributed by atoms with Crippen LogP contribution in [0.25, 0.3) is 0 Å². The zero-order valence-corrected chi connectivity index (χ0v) is 9.34. The van der Waals surface area contributed by atoms with Gasteiger partial charge in [0.1, 0.15) is 5.75 Å². The van der Waals surface area contributed by atoms with Crippen LogP contribution < -0.4 is 4.74 Å². The first-order valence-electron chi connectivity index (χ1n) is 4.13. The third-order valence-corrected chi connectivity index (χ3v) is 2.49. The Hall–Kier alpha value is -0.540. The van der Waals surface area contributed by atoms with E-state index in [4.69, 9.17) is 9.84 Å². The van der Waals surface area contributed by atoms with Gasteiger partial charge in [-0.1, -0.05) is 28.9 Å². The smallest absolute Gasteiger partial charge is 0.123 e. The Kier molecular flexibility index (Phi) is 3.75. The standard InChI is InChI=1S/C10H13BrO2/c1-7(6-12)9-4-3-8(11)5-10(9)13-2/h3-5,7,12H,6H2,1-2H3/t7-/m0/s1. The number of methoxy groups -OCH3 is 1. The van der Waals surface area contributed by atoms with Gasteiger partial charge in [-0.2, -0.15) is 0 Å². The molecule has 1 aromatic carbocycles. The van der Waals surface area contributed by atoms with Crippen LogP contribution in [0.3, 0.4) is 0 Å². The van der Waals surface area contributed by atoms with Crippen molar-refractivity contribution in [3.8, 4) is 5.75 Å². The molecule has 72 valence electrons. The highest BCUT2D eigenvalue weighted by Crippen LogP contribution is 2.29. The third-order valence-electron chi connectivity index (χ3n) is 2.00. The summed E-state index contributed by atoms with van der Waals surface area (Å²) in [6, 6.07) is 5.81. The maximum Gasteiger partial charge on any atom is 0.123 e. The van der Waals surface area contributed by atoms with E-state index >= 15 is 0 Å². The van der Waals surface area contributed by atoms with E-state index in [1.54, 1.807) is 7.11 Å². The van der Waals surface area contributed by atoms with Crippen molar-refractivity contribution in [1.82, 2.24) is 0 Å². The Morgan fingerprint density at radius 1 is 1.54 bits per heavy atom. The van der Waals surface area contributed by atoms with Gasteiger partial charge in [0.15, 0.2) is 0 Å². The van der Waals surface area contributed by atoms with Crippen molar-refractivity contribution < 1.29 is 9.84 Å². The second-order valence-corrected chi connectivity index (χ2v) is 3.89. The van der Waals surface area contributed by atoms with Crippen LogP contribution in [-0.2, 0) is 0 Å². The minimum absolute atomic E-state index is 0.114. The van der Waals surface area contributed by atoms with Gasteiger partial charge >= 0.3 is 0 Å². The average molecular weight is 245 g/mol. The van der Waals surface area contributed by atoms with Crippen LogP contribution in [0.4, 0.5) is 0 Å². The number of aliphatic hydroxyl groups excluding tert-OH is 1. The predicted molar refractivity (Wildman–Crippen MR) is 56.2 cm³/mol. The average Bonchev–Trinajstić information content (AvgIpc) is 2.16. The van der Waals surface area contributed by atoms with Crippen LogP contribution in [-0.4, -0.2) is 18.8 Å². The maximum atomic E-state index is 9.01. The topological polar surface area (TPSA) is 29.5 Å². The van der Waals surface area contributed by atoms with Crippen LogP contribution in [0.2, 0.25) is 0 Å². The second kappa shape index (κ2) is 4.63. The van der Waals surface area contributed by atoms with Crippen molar-refractivity contribution in [2.75, 3.05) is 13.7 Å². The summed E-state index contributed by atoms with van der Waals surface area (Å²) in [4.78, 5) is 0. The van der Waals surface area contributed by atoms with E-state index in [0.717, 1.165) is 15.8 Å². The molecule has 1 rings (SSSR count). The van der Waals surface area contributed by atoms with Crippen LogP contribution in [0.5, 0.6) is 5.75 Å². The van der Waals surface area contributed by atoms with E-state index < -0.39 is 0 Å². The zero-order valence-electron chi connectivity index (χ0n) is 7.75. The Labute approximate surface area is 86.7 Å². The number of halogens is 1. The van der Waals surface area contributed by atoms with Crippen LogP contribution in [0.15, 0.2) is 22.7 Å². The second-order valence-electron chi connectivity index (χ2n) is 2.97. The molecule has 0 unspecified atom stereocenters. The molecule has 0 saturated carbocycles. The highest BCUT2D eigenvalue weighted by Gasteiger charge is 2.10. The van der Waals surface area contributed by atoms with Gasteiger partial charge in [0.25, 0.3) is 0 Å². The van der Waals surface area contributed by atoms with E-state index in [-0.39, 0.29) is 12.5 Å². The molecule has 2 nitrogen and oxygen atoms in total. The van der Waals surface area contributed by atoms with Gasteiger partial charge in [-0.3, -0.25) is 0 Å². The quantitative estimate of drug-likeness (QED) is 0.886. The fourth-order valence-corrected chi connectivity index (χ4v) is 1.53. The Balaban J connectivity index is 3.05. The number of hydrogen-bond acceptors (Lipinski definition) is 2. The van der Waals surface area contributed by atoms with Crippen molar-refractivity contribution in [2.24, 2.45) is 0 Å². The fraction of sp³-hybridized carbons (Fsp3) is 0.400. The van der Waals surface area contributed by atoms with Crippen molar-refractivity contribution in [1.29, 1.82) is 0 Å². The van der Waals surface area contributed by atoms with Crippen LogP contribution in [0, 0.1) is 0 Å². The number of rotatable bonds is 3. The highest BCUT2D eigenvalue weighted by molar-refractivity contribution is 9.10. The number of aliphatic hydroxyl groups is 1. The summed E-state index contributed by atoms with van der Waals surface area (Å²) in [5.41, 5.74) is 1.04. The molecule has 0 spiro atoms. The van der Waals surface area contributed by atoms with E-state index in [1.807, 2.05) is 25.1 Å². The molecular formula is C10H13BrO2. The molecule has 0 aliphatic rings. The molecule has 1 N–H and O–H groups in total. The molecule has 0 bridgehead atoms. The number of benzene rings is 1. The van der Waals surface area contributed by atoms with Crippen LogP contribution >= 0.6 is 15.9 Å². The summed E-state index contributed by atoms with van der Waals surface area (Å²) < 4.78 is 6.19. The molecule has 0 amide bonds. The predicted octanol–water partition coefficient (Wildman–Crippen LogP) is 2.55. The summed E-state index contributed by atoms with van der Waals surface area (Å²) >= 11 is 3.37. The van der Waals surface area contributed by atoms with Crippen molar-refractivity contribution in [3.05, 3.63) is 28.2 Å². The SMILES string of the molecule is COc1cc(Br)ccc1[C@@H](C)CO. The van der Waals surface area contributed by atoms with Gasteiger partial charge in [0.2, 0.25) is 0 Å². The molecule has 1 atom stereocenters. The third kappa shape index (κ3) is 2.45. The Morgan fingerprint density at radius 3 is 2.77 bits per heavy atom. The lowest BCUT2D eigenvalue weighted by molar-refractivity contribution is 0.269. The monoisotopic (exact) mass is 244 g/mol. The van der Waals surface area contributed by atoms with Gasteiger partial charge < -0.3 is 9.84 Å². The van der Waals surface area contributed by atoms with Gasteiger partial charge in [0.05, 0.1) is 7.11 Å². The van der Waals surface area contributed by atoms with Gasteiger partial charge in [0, 0.05) is 17.0 Å². The van der Waals surface area contributed by atoms with Gasteiger partial charge in [-0.15, -0.1) is 0 Å². The molecule has 0 saturated heterocycles. The summed E-state index contributed by atoms with van der Waals surface area (Å²) in [5, 5.41) is 9.01. The summed E-state index contributed by atoms with van der Waals surface area (Å²) in [7, 11) is 1.63. The normalized spacial score (nSPS) is 12.6. The van der Waals surface area contributed by atoms with E-state index in [1.165, 1.54) is 0 Å². The number of ether oxygens (including phenoxy) is 1. The van der Waals surface area contributed by atoms with Crippen molar-refractivity contribution in [3.63, 3.8) is 0 Å². The lowest BCUT2D eigenvalue weighted by Gasteiger charge is -2.13. The van der Waals surface area contributed by atoms with E-state index in [2.05, 4.69) is 15.9 Å². The Bertz CT molecular complexity index is 286. The minimum Gasteiger partial charge on any atom is -0.496 e. The van der Waals surface area contributed by atoms with Gasteiger partial charge in [-0.05, 0) is 17.7 Å². The summed E-state index contributed by atoms with van der Waals surface area (Å²) in [6.07, 6.45) is 0. The van der Waals surface area contributed by atoms with Gasteiger partial charge in [-0.25, -0.2) is 0 Å². The molecule has 0 aromatic heterocycles. The molecule has 1 aromatic rings.